The van der Waals surface area contributed by atoms with Gasteiger partial charge in [0.15, 0.2) is 0 Å². The van der Waals surface area contributed by atoms with E-state index in [-0.39, 0.29) is 0 Å². The monoisotopic (exact) mass is 219 g/mol. The molecule has 1 aromatic rings. The minimum Gasteiger partial charge on any atom is -0.399 e. The summed E-state index contributed by atoms with van der Waals surface area (Å²) in [6, 6.07) is 3.50. The second kappa shape index (κ2) is 6.11. The van der Waals surface area contributed by atoms with E-state index in [0.717, 1.165) is 12.0 Å². The van der Waals surface area contributed by atoms with Crippen LogP contribution in [0.15, 0.2) is 12.1 Å². The molecule has 1 aromatic carbocycles. The number of benzene rings is 1. The Bertz CT molecular complexity index is 272. The molecule has 0 atom stereocenters. The van der Waals surface area contributed by atoms with Crippen LogP contribution in [0, 0.1) is 0 Å². The van der Waals surface area contributed by atoms with Gasteiger partial charge >= 0.3 is 0 Å². The molecule has 0 aliphatic heterocycles. The molecule has 0 aliphatic rings. The van der Waals surface area contributed by atoms with Gasteiger partial charge in [0.2, 0.25) is 0 Å². The highest BCUT2D eigenvalue weighted by molar-refractivity contribution is 6.42. The van der Waals surface area contributed by atoms with E-state index in [1.54, 1.807) is 6.07 Å². The minimum atomic E-state index is 0.531. The largest absolute Gasteiger partial charge is 0.399 e. The zero-order valence-corrected chi connectivity index (χ0v) is 9.71. The van der Waals surface area contributed by atoms with Crippen molar-refractivity contribution in [1.29, 1.82) is 0 Å². The molecular weight excluding hydrogens is 205 g/mol. The van der Waals surface area contributed by atoms with Crippen molar-refractivity contribution in [3.05, 3.63) is 27.7 Å². The van der Waals surface area contributed by atoms with Gasteiger partial charge in [0.25, 0.3) is 0 Å². The van der Waals surface area contributed by atoms with Gasteiger partial charge < -0.3 is 5.73 Å². The normalized spacial score (nSPS) is 9.00. The third-order valence-corrected chi connectivity index (χ3v) is 2.35. The van der Waals surface area contributed by atoms with Gasteiger partial charge in [0.05, 0.1) is 10.0 Å². The maximum Gasteiger partial charge on any atom is 0.0625 e. The molecule has 0 heterocycles. The Hall–Kier alpha value is -0.400. The molecule has 0 unspecified atom stereocenters. The fourth-order valence-electron chi connectivity index (χ4n) is 0.927. The lowest BCUT2D eigenvalue weighted by molar-refractivity contribution is 1.14. The van der Waals surface area contributed by atoms with E-state index in [9.17, 15) is 0 Å². The van der Waals surface area contributed by atoms with Gasteiger partial charge in [-0.15, -0.1) is 0 Å². The Balaban J connectivity index is 0.000000671. The third kappa shape index (κ3) is 3.45. The molecule has 74 valence electrons. The van der Waals surface area contributed by atoms with Gasteiger partial charge in [-0.25, -0.2) is 0 Å². The van der Waals surface area contributed by atoms with Gasteiger partial charge in [-0.1, -0.05) is 44.0 Å². The summed E-state index contributed by atoms with van der Waals surface area (Å²) in [5, 5.41) is 1.15. The first-order valence-electron chi connectivity index (χ1n) is 4.38. The van der Waals surface area contributed by atoms with Crippen molar-refractivity contribution in [2.75, 3.05) is 5.73 Å². The second-order valence-electron chi connectivity index (χ2n) is 2.33. The van der Waals surface area contributed by atoms with Crippen LogP contribution in [0.25, 0.3) is 0 Å². The molecule has 2 N–H and O–H groups in total. The zero-order chi connectivity index (χ0) is 10.4. The van der Waals surface area contributed by atoms with Gasteiger partial charge in [-0.2, -0.15) is 0 Å². The maximum absolute atomic E-state index is 5.88. The number of halogens is 2. The average Bonchev–Trinajstić information content (AvgIpc) is 2.14. The topological polar surface area (TPSA) is 26.0 Å². The van der Waals surface area contributed by atoms with Gasteiger partial charge in [-0.3, -0.25) is 0 Å². The summed E-state index contributed by atoms with van der Waals surface area (Å²) in [5.41, 5.74) is 7.22. The van der Waals surface area contributed by atoms with Crippen LogP contribution in [-0.2, 0) is 6.42 Å². The molecule has 0 aromatic heterocycles. The first kappa shape index (κ1) is 12.6. The molecule has 0 fully saturated rings. The van der Waals surface area contributed by atoms with Crippen molar-refractivity contribution in [2.45, 2.75) is 27.2 Å². The summed E-state index contributed by atoms with van der Waals surface area (Å²) in [4.78, 5) is 0. The highest BCUT2D eigenvalue weighted by Crippen LogP contribution is 2.28. The van der Waals surface area contributed by atoms with Crippen molar-refractivity contribution < 1.29 is 0 Å². The SMILES string of the molecule is CC.CCc1cc(N)cc(Cl)c1Cl. The highest BCUT2D eigenvalue weighted by Gasteiger charge is 2.03. The zero-order valence-electron chi connectivity index (χ0n) is 8.20. The number of nitrogen functional groups attached to an aromatic ring is 1. The Kier molecular flexibility index (Phi) is 5.93. The van der Waals surface area contributed by atoms with Crippen LogP contribution < -0.4 is 5.73 Å². The van der Waals surface area contributed by atoms with Crippen LogP contribution in [-0.4, -0.2) is 0 Å². The predicted molar refractivity (Wildman–Crippen MR) is 61.6 cm³/mol. The van der Waals surface area contributed by atoms with E-state index in [2.05, 4.69) is 0 Å². The number of aryl methyl sites for hydroxylation is 1. The van der Waals surface area contributed by atoms with E-state index < -0.39 is 0 Å². The standard InChI is InChI=1S/C8H9Cl2N.C2H6/c1-2-5-3-6(11)4-7(9)8(5)10;1-2/h3-4H,2,11H2,1H3;1-2H3. The van der Waals surface area contributed by atoms with Crippen molar-refractivity contribution in [3.63, 3.8) is 0 Å². The Morgan fingerprint density at radius 1 is 1.23 bits per heavy atom. The molecule has 0 bridgehead atoms. The molecule has 0 spiro atoms. The van der Waals surface area contributed by atoms with Crippen molar-refractivity contribution in [3.8, 4) is 0 Å². The van der Waals surface area contributed by atoms with E-state index in [1.165, 1.54) is 0 Å². The van der Waals surface area contributed by atoms with Crippen LogP contribution in [0.5, 0.6) is 0 Å². The number of hydrogen-bond donors (Lipinski definition) is 1. The lowest BCUT2D eigenvalue weighted by Gasteiger charge is -2.03. The number of anilines is 1. The summed E-state index contributed by atoms with van der Waals surface area (Å²) in [7, 11) is 0. The summed E-state index contributed by atoms with van der Waals surface area (Å²) in [6.45, 7) is 6.01. The van der Waals surface area contributed by atoms with Gasteiger partial charge in [0, 0.05) is 5.69 Å². The lowest BCUT2D eigenvalue weighted by Crippen LogP contribution is -1.89. The van der Waals surface area contributed by atoms with Crippen molar-refractivity contribution >= 4 is 28.9 Å². The van der Waals surface area contributed by atoms with Crippen LogP contribution in [0.3, 0.4) is 0 Å². The number of rotatable bonds is 1. The fraction of sp³-hybridized carbons (Fsp3) is 0.400. The molecule has 1 nitrogen and oxygen atoms in total. The minimum absolute atomic E-state index is 0.531. The van der Waals surface area contributed by atoms with E-state index in [0.29, 0.717) is 15.7 Å². The average molecular weight is 220 g/mol. The molecule has 0 radical (unpaired) electrons. The highest BCUT2D eigenvalue weighted by atomic mass is 35.5. The van der Waals surface area contributed by atoms with Crippen molar-refractivity contribution in [1.82, 2.24) is 0 Å². The Morgan fingerprint density at radius 3 is 2.23 bits per heavy atom. The van der Waals surface area contributed by atoms with Crippen LogP contribution in [0.4, 0.5) is 5.69 Å². The maximum atomic E-state index is 5.88. The van der Waals surface area contributed by atoms with Crippen LogP contribution >= 0.6 is 23.2 Å². The summed E-state index contributed by atoms with van der Waals surface area (Å²) in [6.07, 6.45) is 0.851. The predicted octanol–water partition coefficient (Wildman–Crippen LogP) is 4.16. The molecular formula is C10H15Cl2N. The van der Waals surface area contributed by atoms with Crippen molar-refractivity contribution in [2.24, 2.45) is 0 Å². The van der Waals surface area contributed by atoms with E-state index in [4.69, 9.17) is 28.9 Å². The summed E-state index contributed by atoms with van der Waals surface area (Å²) in [5.74, 6) is 0. The number of hydrogen-bond acceptors (Lipinski definition) is 1. The van der Waals surface area contributed by atoms with Gasteiger partial charge in [0.1, 0.15) is 0 Å². The Morgan fingerprint density at radius 2 is 1.77 bits per heavy atom. The Labute approximate surface area is 89.8 Å². The second-order valence-corrected chi connectivity index (χ2v) is 3.11. The van der Waals surface area contributed by atoms with Crippen LogP contribution in [0.1, 0.15) is 26.3 Å². The van der Waals surface area contributed by atoms with Crippen LogP contribution in [0.2, 0.25) is 10.0 Å². The smallest absolute Gasteiger partial charge is 0.0625 e. The molecule has 1 rings (SSSR count). The molecule has 0 saturated carbocycles. The number of nitrogens with two attached hydrogens (primary N) is 1. The van der Waals surface area contributed by atoms with E-state index >= 15 is 0 Å². The molecule has 13 heavy (non-hydrogen) atoms. The summed E-state index contributed by atoms with van der Waals surface area (Å²) >= 11 is 11.7. The summed E-state index contributed by atoms with van der Waals surface area (Å²) < 4.78 is 0. The quantitative estimate of drug-likeness (QED) is 0.706. The third-order valence-electron chi connectivity index (χ3n) is 1.51. The fourth-order valence-corrected chi connectivity index (χ4v) is 1.42. The molecule has 0 amide bonds. The molecule has 0 saturated heterocycles. The molecule has 0 aliphatic carbocycles. The first-order chi connectivity index (χ1) is 6.15. The first-order valence-corrected chi connectivity index (χ1v) is 5.14. The van der Waals surface area contributed by atoms with E-state index in [1.807, 2.05) is 26.8 Å². The lowest BCUT2D eigenvalue weighted by atomic mass is 10.1. The molecule has 3 heteroatoms. The van der Waals surface area contributed by atoms with Gasteiger partial charge in [-0.05, 0) is 24.1 Å².